The van der Waals surface area contributed by atoms with Gasteiger partial charge in [0.15, 0.2) is 0 Å². The van der Waals surface area contributed by atoms with E-state index in [9.17, 15) is 26.8 Å². The van der Waals surface area contributed by atoms with Crippen LogP contribution in [0.4, 0.5) is 0 Å². The molecular weight excluding hydrogens is 418 g/mol. The average molecular weight is 442 g/mol. The standard InChI is InChI=1S/C18H23N3O6S2/c1-13-3-7-15(8-4-13)28(24,25)20-12-11-17(18(19)22)21(23)29(26,27)16-9-5-14(2)6-10-16/h3-10,17,20,23H,11-12H2,1-2H3,(H2,19,22)/t17-/m1/s1. The number of hydroxylamine groups is 1. The van der Waals surface area contributed by atoms with Crippen LogP contribution >= 0.6 is 0 Å². The Hall–Kier alpha value is -2.31. The summed E-state index contributed by atoms with van der Waals surface area (Å²) in [6.07, 6.45) is -0.359. The van der Waals surface area contributed by atoms with Gasteiger partial charge in [0, 0.05) is 6.54 Å². The third-order valence-electron chi connectivity index (χ3n) is 4.20. The number of primary amides is 1. The van der Waals surface area contributed by atoms with Gasteiger partial charge >= 0.3 is 0 Å². The molecular formula is C18H23N3O6S2. The van der Waals surface area contributed by atoms with E-state index in [0.717, 1.165) is 11.1 Å². The molecule has 0 spiro atoms. The molecule has 2 rings (SSSR count). The van der Waals surface area contributed by atoms with E-state index in [4.69, 9.17) is 5.73 Å². The Labute approximate surface area is 170 Å². The number of sulfonamides is 2. The quantitative estimate of drug-likeness (QED) is 0.493. The van der Waals surface area contributed by atoms with Gasteiger partial charge in [0.25, 0.3) is 10.0 Å². The fourth-order valence-electron chi connectivity index (χ4n) is 2.48. The number of nitrogens with two attached hydrogens (primary N) is 1. The van der Waals surface area contributed by atoms with Crippen molar-refractivity contribution in [2.45, 2.75) is 36.1 Å². The largest absolute Gasteiger partial charge is 0.368 e. The Kier molecular flexibility index (Phi) is 7.14. The van der Waals surface area contributed by atoms with Crippen molar-refractivity contribution in [2.75, 3.05) is 6.54 Å². The van der Waals surface area contributed by atoms with Gasteiger partial charge < -0.3 is 5.73 Å². The Morgan fingerprint density at radius 1 is 0.966 bits per heavy atom. The summed E-state index contributed by atoms with van der Waals surface area (Å²) in [5.41, 5.74) is 6.93. The summed E-state index contributed by atoms with van der Waals surface area (Å²) in [7, 11) is -8.28. The topological polar surface area (TPSA) is 147 Å². The molecule has 11 heteroatoms. The number of hydrogen-bond acceptors (Lipinski definition) is 6. The Morgan fingerprint density at radius 3 is 1.86 bits per heavy atom. The molecule has 0 aliphatic carbocycles. The lowest BCUT2D eigenvalue weighted by Crippen LogP contribution is -2.47. The lowest BCUT2D eigenvalue weighted by atomic mass is 10.2. The summed E-state index contributed by atoms with van der Waals surface area (Å²) in [6, 6.07) is 10.1. The van der Waals surface area contributed by atoms with E-state index in [1.54, 1.807) is 19.1 Å². The van der Waals surface area contributed by atoms with E-state index in [-0.39, 0.29) is 27.2 Å². The van der Waals surface area contributed by atoms with Crippen LogP contribution in [0.5, 0.6) is 0 Å². The maximum absolute atomic E-state index is 12.5. The third-order valence-corrected chi connectivity index (χ3v) is 7.29. The zero-order valence-electron chi connectivity index (χ0n) is 15.9. The van der Waals surface area contributed by atoms with Gasteiger partial charge in [0.1, 0.15) is 6.04 Å². The van der Waals surface area contributed by atoms with Crippen LogP contribution in [0.15, 0.2) is 58.3 Å². The minimum Gasteiger partial charge on any atom is -0.368 e. The second kappa shape index (κ2) is 9.01. The van der Waals surface area contributed by atoms with Gasteiger partial charge in [-0.1, -0.05) is 39.9 Å². The van der Waals surface area contributed by atoms with Crippen molar-refractivity contribution in [1.29, 1.82) is 0 Å². The first-order valence-corrected chi connectivity index (χ1v) is 11.5. The zero-order chi connectivity index (χ0) is 21.8. The number of hydrogen-bond donors (Lipinski definition) is 3. The highest BCUT2D eigenvalue weighted by Gasteiger charge is 2.34. The summed E-state index contributed by atoms with van der Waals surface area (Å²) in [5, 5.41) is 10.2. The van der Waals surface area contributed by atoms with Crippen molar-refractivity contribution in [1.82, 2.24) is 9.19 Å². The van der Waals surface area contributed by atoms with Gasteiger partial charge in [-0.2, -0.15) is 0 Å². The van der Waals surface area contributed by atoms with E-state index in [2.05, 4.69) is 4.72 Å². The van der Waals surface area contributed by atoms with Crippen LogP contribution in [0, 0.1) is 13.8 Å². The van der Waals surface area contributed by atoms with Crippen LogP contribution in [0.25, 0.3) is 0 Å². The van der Waals surface area contributed by atoms with E-state index in [1.807, 2.05) is 6.92 Å². The molecule has 1 atom stereocenters. The molecule has 0 aliphatic heterocycles. The highest BCUT2D eigenvalue weighted by molar-refractivity contribution is 7.89. The molecule has 2 aromatic carbocycles. The number of aryl methyl sites for hydroxylation is 2. The lowest BCUT2D eigenvalue weighted by Gasteiger charge is -2.23. The van der Waals surface area contributed by atoms with Crippen molar-refractivity contribution in [2.24, 2.45) is 5.73 Å². The lowest BCUT2D eigenvalue weighted by molar-refractivity contribution is -0.131. The van der Waals surface area contributed by atoms with Crippen LogP contribution in [-0.2, 0) is 24.8 Å². The molecule has 0 bridgehead atoms. The minimum atomic E-state index is -4.41. The van der Waals surface area contributed by atoms with E-state index < -0.39 is 32.0 Å². The molecule has 1 amide bonds. The number of amides is 1. The van der Waals surface area contributed by atoms with Crippen LogP contribution in [-0.4, -0.2) is 45.0 Å². The monoisotopic (exact) mass is 441 g/mol. The maximum atomic E-state index is 12.5. The van der Waals surface area contributed by atoms with Crippen molar-refractivity contribution >= 4 is 26.0 Å². The summed E-state index contributed by atoms with van der Waals surface area (Å²) in [4.78, 5) is 11.5. The SMILES string of the molecule is Cc1ccc(S(=O)(=O)NCC[C@H](C(N)=O)N(O)S(=O)(=O)c2ccc(C)cc2)cc1. The maximum Gasteiger partial charge on any atom is 0.265 e. The van der Waals surface area contributed by atoms with Gasteiger partial charge in [-0.05, 0) is 44.5 Å². The van der Waals surface area contributed by atoms with Gasteiger partial charge in [0.05, 0.1) is 9.79 Å². The fraction of sp³-hybridized carbons (Fsp3) is 0.278. The number of rotatable bonds is 9. The first-order chi connectivity index (χ1) is 13.4. The first-order valence-electron chi connectivity index (χ1n) is 8.61. The van der Waals surface area contributed by atoms with Crippen LogP contribution < -0.4 is 10.5 Å². The Balaban J connectivity index is 2.12. The molecule has 0 saturated heterocycles. The predicted molar refractivity (Wildman–Crippen MR) is 106 cm³/mol. The van der Waals surface area contributed by atoms with Crippen molar-refractivity contribution < 1.29 is 26.8 Å². The molecule has 0 saturated carbocycles. The highest BCUT2D eigenvalue weighted by Crippen LogP contribution is 2.18. The van der Waals surface area contributed by atoms with Crippen molar-refractivity contribution in [3.63, 3.8) is 0 Å². The third kappa shape index (κ3) is 5.61. The molecule has 0 unspecified atom stereocenters. The molecule has 0 radical (unpaired) electrons. The van der Waals surface area contributed by atoms with Crippen molar-refractivity contribution in [3.8, 4) is 0 Å². The average Bonchev–Trinajstić information content (AvgIpc) is 2.65. The second-order valence-corrected chi connectivity index (χ2v) is 10.1. The molecule has 2 aromatic rings. The van der Waals surface area contributed by atoms with Gasteiger partial charge in [-0.15, -0.1) is 0 Å². The molecule has 0 aliphatic rings. The number of nitrogens with zero attached hydrogens (tertiary/aromatic N) is 1. The number of carbonyl (C=O) groups is 1. The van der Waals surface area contributed by atoms with E-state index in [0.29, 0.717) is 0 Å². The van der Waals surface area contributed by atoms with Crippen molar-refractivity contribution in [3.05, 3.63) is 59.7 Å². The van der Waals surface area contributed by atoms with Gasteiger partial charge in [-0.3, -0.25) is 10.0 Å². The number of nitrogens with one attached hydrogen (secondary N) is 1. The summed E-state index contributed by atoms with van der Waals surface area (Å²) < 4.78 is 51.8. The number of benzene rings is 2. The molecule has 9 nitrogen and oxygen atoms in total. The summed E-state index contributed by atoms with van der Waals surface area (Å²) in [6.45, 7) is 3.26. The highest BCUT2D eigenvalue weighted by atomic mass is 32.2. The summed E-state index contributed by atoms with van der Waals surface area (Å²) >= 11 is 0. The van der Waals surface area contributed by atoms with E-state index >= 15 is 0 Å². The molecule has 0 aromatic heterocycles. The first kappa shape index (κ1) is 23.0. The molecule has 4 N–H and O–H groups in total. The normalized spacial score (nSPS) is 13.4. The molecule has 29 heavy (non-hydrogen) atoms. The van der Waals surface area contributed by atoms with Crippen LogP contribution in [0.1, 0.15) is 17.5 Å². The molecule has 158 valence electrons. The summed E-state index contributed by atoms with van der Waals surface area (Å²) in [5.74, 6) is -1.11. The number of carbonyl (C=O) groups excluding carboxylic acids is 1. The van der Waals surface area contributed by atoms with Crippen LogP contribution in [0.2, 0.25) is 0 Å². The minimum absolute atomic E-state index is 0.0202. The predicted octanol–water partition coefficient (Wildman–Crippen LogP) is 0.906. The molecule has 0 fully saturated rings. The zero-order valence-corrected chi connectivity index (χ0v) is 17.6. The Bertz CT molecular complexity index is 1070. The molecule has 0 heterocycles. The van der Waals surface area contributed by atoms with Gasteiger partial charge in [0.2, 0.25) is 15.9 Å². The van der Waals surface area contributed by atoms with Gasteiger partial charge in [-0.25, -0.2) is 21.6 Å². The van der Waals surface area contributed by atoms with E-state index in [1.165, 1.54) is 36.4 Å². The Morgan fingerprint density at radius 2 is 1.41 bits per heavy atom. The second-order valence-electron chi connectivity index (χ2n) is 6.51. The smallest absolute Gasteiger partial charge is 0.265 e. The van der Waals surface area contributed by atoms with Crippen LogP contribution in [0.3, 0.4) is 0 Å². The fourth-order valence-corrected chi connectivity index (χ4v) is 4.77.